The monoisotopic (exact) mass is 255 g/mol. The van der Waals surface area contributed by atoms with Crippen LogP contribution in [0, 0.1) is 0 Å². The van der Waals surface area contributed by atoms with E-state index in [1.807, 2.05) is 0 Å². The molecule has 1 aliphatic carbocycles. The fourth-order valence-corrected chi connectivity index (χ4v) is 1.61. The van der Waals surface area contributed by atoms with Crippen LogP contribution in [0.25, 0.3) is 0 Å². The van der Waals surface area contributed by atoms with Crippen molar-refractivity contribution in [3.63, 3.8) is 0 Å². The molecule has 3 unspecified atom stereocenters. The Kier molecular flexibility index (Phi) is 4.58. The zero-order valence-electron chi connectivity index (χ0n) is 9.38. The molecule has 5 nitrogen and oxygen atoms in total. The van der Waals surface area contributed by atoms with Gasteiger partial charge in [-0.25, -0.2) is 4.79 Å². The van der Waals surface area contributed by atoms with E-state index in [0.29, 0.717) is 13.0 Å². The van der Waals surface area contributed by atoms with Gasteiger partial charge in [-0.05, 0) is 13.3 Å². The number of alkyl halides is 3. The van der Waals surface area contributed by atoms with Gasteiger partial charge in [-0.15, -0.1) is 0 Å². The third kappa shape index (κ3) is 4.39. The van der Waals surface area contributed by atoms with Crippen molar-refractivity contribution >= 4 is 6.03 Å². The molecule has 17 heavy (non-hydrogen) atoms. The predicted octanol–water partition coefficient (Wildman–Crippen LogP) is 0.353. The van der Waals surface area contributed by atoms with Gasteiger partial charge in [0.2, 0.25) is 0 Å². The second kappa shape index (κ2) is 5.54. The van der Waals surface area contributed by atoms with E-state index in [0.717, 1.165) is 0 Å². The molecule has 0 aliphatic heterocycles. The lowest BCUT2D eigenvalue weighted by Gasteiger charge is -2.42. The zero-order valence-corrected chi connectivity index (χ0v) is 9.38. The zero-order chi connectivity index (χ0) is 13.1. The molecule has 1 fully saturated rings. The highest BCUT2D eigenvalue weighted by atomic mass is 19.4. The topological polar surface area (TPSA) is 76.4 Å². The van der Waals surface area contributed by atoms with Gasteiger partial charge in [0.1, 0.15) is 6.54 Å². The molecule has 3 atom stereocenters. The van der Waals surface area contributed by atoms with Crippen molar-refractivity contribution in [2.24, 2.45) is 5.73 Å². The summed E-state index contributed by atoms with van der Waals surface area (Å²) in [6, 6.07) is -1.58. The molecule has 100 valence electrons. The van der Waals surface area contributed by atoms with Crippen molar-refractivity contribution in [2.45, 2.75) is 37.7 Å². The normalized spacial score (nSPS) is 28.4. The number of amides is 2. The first-order valence-electron chi connectivity index (χ1n) is 5.31. The van der Waals surface area contributed by atoms with Crippen molar-refractivity contribution < 1.29 is 22.7 Å². The first kappa shape index (κ1) is 14.0. The summed E-state index contributed by atoms with van der Waals surface area (Å²) < 4.78 is 40.8. The molecule has 0 spiro atoms. The second-order valence-electron chi connectivity index (χ2n) is 3.86. The molecule has 0 bridgehead atoms. The van der Waals surface area contributed by atoms with E-state index in [2.05, 4.69) is 5.32 Å². The number of rotatable bonds is 4. The number of ether oxygens (including phenoxy) is 1. The summed E-state index contributed by atoms with van der Waals surface area (Å²) in [5, 5.41) is 4.09. The molecular formula is C9H16F3N3O2. The van der Waals surface area contributed by atoms with Crippen LogP contribution in [-0.4, -0.2) is 43.5 Å². The molecule has 8 heteroatoms. The highest BCUT2D eigenvalue weighted by Gasteiger charge is 2.40. The van der Waals surface area contributed by atoms with Crippen LogP contribution in [0.15, 0.2) is 0 Å². The third-order valence-corrected chi connectivity index (χ3v) is 2.49. The first-order valence-corrected chi connectivity index (χ1v) is 5.31. The molecule has 1 aliphatic rings. The molecule has 0 radical (unpaired) electrons. The van der Waals surface area contributed by atoms with E-state index in [1.54, 1.807) is 12.2 Å². The summed E-state index contributed by atoms with van der Waals surface area (Å²) in [4.78, 5) is 11.2. The SMILES string of the molecule is CCOC1CC(N)C1NC(=O)NCC(F)(F)F. The average molecular weight is 255 g/mol. The Hall–Kier alpha value is -1.02. The van der Waals surface area contributed by atoms with Gasteiger partial charge >= 0.3 is 12.2 Å². The maximum absolute atomic E-state index is 11.8. The van der Waals surface area contributed by atoms with E-state index in [4.69, 9.17) is 10.5 Å². The molecule has 0 aromatic rings. The summed E-state index contributed by atoms with van der Waals surface area (Å²) >= 11 is 0. The fraction of sp³-hybridized carbons (Fsp3) is 0.889. The van der Waals surface area contributed by atoms with Crippen LogP contribution in [0.4, 0.5) is 18.0 Å². The standard InChI is InChI=1S/C9H16F3N3O2/c1-2-17-6-3-5(13)7(6)15-8(16)14-4-9(10,11)12/h5-7H,2-4,13H2,1H3,(H2,14,15,16). The minimum absolute atomic E-state index is 0.216. The van der Waals surface area contributed by atoms with Crippen LogP contribution in [0.5, 0.6) is 0 Å². The number of hydrogen-bond donors (Lipinski definition) is 3. The summed E-state index contributed by atoms with van der Waals surface area (Å²) in [5.41, 5.74) is 5.63. The van der Waals surface area contributed by atoms with Gasteiger partial charge in [0.15, 0.2) is 0 Å². The van der Waals surface area contributed by atoms with Crippen LogP contribution in [-0.2, 0) is 4.74 Å². The minimum atomic E-state index is -4.42. The predicted molar refractivity (Wildman–Crippen MR) is 54.4 cm³/mol. The Balaban J connectivity index is 2.30. The van der Waals surface area contributed by atoms with Gasteiger partial charge in [0.05, 0.1) is 12.1 Å². The molecule has 1 saturated carbocycles. The van der Waals surface area contributed by atoms with Gasteiger partial charge in [0, 0.05) is 12.6 Å². The van der Waals surface area contributed by atoms with E-state index in [1.165, 1.54) is 0 Å². The molecule has 1 rings (SSSR count). The van der Waals surface area contributed by atoms with Crippen LogP contribution in [0.1, 0.15) is 13.3 Å². The molecule has 0 aromatic heterocycles. The molecule has 2 amide bonds. The Morgan fingerprint density at radius 1 is 1.53 bits per heavy atom. The third-order valence-electron chi connectivity index (χ3n) is 2.49. The number of hydrogen-bond acceptors (Lipinski definition) is 3. The maximum atomic E-state index is 11.8. The highest BCUT2D eigenvalue weighted by molar-refractivity contribution is 5.74. The largest absolute Gasteiger partial charge is 0.405 e. The smallest absolute Gasteiger partial charge is 0.376 e. The van der Waals surface area contributed by atoms with Gasteiger partial charge in [-0.2, -0.15) is 13.2 Å². The van der Waals surface area contributed by atoms with Gasteiger partial charge < -0.3 is 21.1 Å². The lowest BCUT2D eigenvalue weighted by molar-refractivity contribution is -0.122. The number of carbonyl (C=O) groups excluding carboxylic acids is 1. The van der Waals surface area contributed by atoms with E-state index < -0.39 is 24.8 Å². The molecule has 0 heterocycles. The number of nitrogens with two attached hydrogens (primary N) is 1. The number of nitrogens with one attached hydrogen (secondary N) is 2. The van der Waals surface area contributed by atoms with E-state index in [9.17, 15) is 18.0 Å². The van der Waals surface area contributed by atoms with E-state index in [-0.39, 0.29) is 12.1 Å². The fourth-order valence-electron chi connectivity index (χ4n) is 1.61. The quantitative estimate of drug-likeness (QED) is 0.678. The average Bonchev–Trinajstić information content (AvgIpc) is 2.22. The van der Waals surface area contributed by atoms with Gasteiger partial charge in [-0.3, -0.25) is 0 Å². The van der Waals surface area contributed by atoms with Gasteiger partial charge in [-0.1, -0.05) is 0 Å². The van der Waals surface area contributed by atoms with Gasteiger partial charge in [0.25, 0.3) is 0 Å². The molecule has 4 N–H and O–H groups in total. The number of carbonyl (C=O) groups is 1. The van der Waals surface area contributed by atoms with Crippen molar-refractivity contribution in [3.05, 3.63) is 0 Å². The van der Waals surface area contributed by atoms with Crippen LogP contribution >= 0.6 is 0 Å². The maximum Gasteiger partial charge on any atom is 0.405 e. The lowest BCUT2D eigenvalue weighted by Crippen LogP contribution is -2.66. The van der Waals surface area contributed by atoms with E-state index >= 15 is 0 Å². The molecular weight excluding hydrogens is 239 g/mol. The first-order chi connectivity index (χ1) is 7.83. The molecule has 0 saturated heterocycles. The minimum Gasteiger partial charge on any atom is -0.376 e. The van der Waals surface area contributed by atoms with Crippen molar-refractivity contribution in [1.29, 1.82) is 0 Å². The molecule has 0 aromatic carbocycles. The Labute approximate surface area is 96.9 Å². The number of urea groups is 1. The number of halogens is 3. The summed E-state index contributed by atoms with van der Waals surface area (Å²) in [6.07, 6.45) is -4.04. The summed E-state index contributed by atoms with van der Waals surface area (Å²) in [5.74, 6) is 0. The lowest BCUT2D eigenvalue weighted by atomic mass is 9.83. The Bertz CT molecular complexity index is 271. The van der Waals surface area contributed by atoms with Crippen molar-refractivity contribution in [2.75, 3.05) is 13.2 Å². The van der Waals surface area contributed by atoms with Crippen molar-refractivity contribution in [1.82, 2.24) is 10.6 Å². The Morgan fingerprint density at radius 2 is 2.18 bits per heavy atom. The van der Waals surface area contributed by atoms with Crippen molar-refractivity contribution in [3.8, 4) is 0 Å². The Morgan fingerprint density at radius 3 is 2.65 bits per heavy atom. The van der Waals surface area contributed by atoms with Crippen LogP contribution in [0.3, 0.4) is 0 Å². The summed E-state index contributed by atoms with van der Waals surface area (Å²) in [6.45, 7) is 0.907. The highest BCUT2D eigenvalue weighted by Crippen LogP contribution is 2.22. The second-order valence-corrected chi connectivity index (χ2v) is 3.86. The van der Waals surface area contributed by atoms with Crippen LogP contribution in [0.2, 0.25) is 0 Å². The summed E-state index contributed by atoms with van der Waals surface area (Å²) in [7, 11) is 0. The van der Waals surface area contributed by atoms with Crippen LogP contribution < -0.4 is 16.4 Å².